The van der Waals surface area contributed by atoms with Crippen LogP contribution in [0.1, 0.15) is 5.56 Å². The maximum absolute atomic E-state index is 11.5. The number of carbonyl (C=O) groups excluding carboxylic acids is 1. The maximum Gasteiger partial charge on any atom is 0.412 e. The summed E-state index contributed by atoms with van der Waals surface area (Å²) in [6.45, 7) is 0.116. The number of rotatable bonds is 3. The third-order valence-electron chi connectivity index (χ3n) is 2.27. The first-order valence-electron chi connectivity index (χ1n) is 5.48. The number of aromatic amines is 1. The highest BCUT2D eigenvalue weighted by molar-refractivity contribution is 5.84. The van der Waals surface area contributed by atoms with Crippen LogP contribution in [0.5, 0.6) is 0 Å². The van der Waals surface area contributed by atoms with E-state index >= 15 is 0 Å². The number of nitrogen functional groups attached to an aromatic ring is 1. The predicted octanol–water partition coefficient (Wildman–Crippen LogP) is 1.10. The fourth-order valence-electron chi connectivity index (χ4n) is 1.38. The summed E-state index contributed by atoms with van der Waals surface area (Å²) in [6.07, 6.45) is -0.736. The molecule has 0 bridgehead atoms. The molecule has 0 aliphatic rings. The summed E-state index contributed by atoms with van der Waals surface area (Å²) in [5.74, 6) is 0.0953. The first kappa shape index (κ1) is 12.6. The summed E-state index contributed by atoms with van der Waals surface area (Å²) in [6, 6.07) is 10.4. The lowest BCUT2D eigenvalue weighted by molar-refractivity contribution is 0.155. The summed E-state index contributed by atoms with van der Waals surface area (Å²) < 4.78 is 4.96. The van der Waals surface area contributed by atoms with E-state index in [0.29, 0.717) is 0 Å². The van der Waals surface area contributed by atoms with Crippen molar-refractivity contribution in [3.05, 3.63) is 52.3 Å². The Morgan fingerprint density at radius 2 is 2.11 bits per heavy atom. The zero-order valence-corrected chi connectivity index (χ0v) is 9.92. The highest BCUT2D eigenvalue weighted by Crippen LogP contribution is 2.04. The summed E-state index contributed by atoms with van der Waals surface area (Å²) in [5.41, 5.74) is 5.68. The molecule has 0 unspecified atom stereocenters. The molecule has 1 aromatic heterocycles. The smallest absolute Gasteiger partial charge is 0.412 e. The third kappa shape index (κ3) is 3.56. The lowest BCUT2D eigenvalue weighted by Gasteiger charge is -2.06. The van der Waals surface area contributed by atoms with E-state index in [0.717, 1.165) is 5.56 Å². The van der Waals surface area contributed by atoms with Crippen LogP contribution < -0.4 is 16.6 Å². The van der Waals surface area contributed by atoms with Crippen molar-refractivity contribution in [2.45, 2.75) is 6.61 Å². The molecule has 1 amide bonds. The van der Waals surface area contributed by atoms with E-state index in [1.165, 1.54) is 6.07 Å². The van der Waals surface area contributed by atoms with Gasteiger partial charge in [-0.3, -0.25) is 10.1 Å². The molecule has 0 fully saturated rings. The van der Waals surface area contributed by atoms with Crippen molar-refractivity contribution in [2.75, 3.05) is 11.1 Å². The van der Waals surface area contributed by atoms with Crippen molar-refractivity contribution in [3.63, 3.8) is 0 Å². The number of carbonyl (C=O) groups is 1. The van der Waals surface area contributed by atoms with Gasteiger partial charge in [0.1, 0.15) is 18.1 Å². The third-order valence-corrected chi connectivity index (χ3v) is 2.27. The van der Waals surface area contributed by atoms with Crippen LogP contribution in [0.15, 0.2) is 41.2 Å². The van der Waals surface area contributed by atoms with Crippen molar-refractivity contribution in [1.29, 1.82) is 0 Å². The standard InChI is InChI=1S/C12H12N4O3/c13-10-6-9(11(17)16-15-10)14-12(18)19-7-8-4-2-1-3-5-8/h1-6H,7H2,(H,16,17)(H3,13,14,15,18). The highest BCUT2D eigenvalue weighted by atomic mass is 16.5. The lowest BCUT2D eigenvalue weighted by Crippen LogP contribution is -2.21. The Balaban J connectivity index is 1.95. The van der Waals surface area contributed by atoms with Crippen molar-refractivity contribution in [1.82, 2.24) is 10.2 Å². The summed E-state index contributed by atoms with van der Waals surface area (Å²) >= 11 is 0. The van der Waals surface area contributed by atoms with Gasteiger partial charge in [-0.15, -0.1) is 0 Å². The van der Waals surface area contributed by atoms with Crippen molar-refractivity contribution < 1.29 is 9.53 Å². The molecule has 0 aliphatic heterocycles. The first-order valence-corrected chi connectivity index (χ1v) is 5.48. The lowest BCUT2D eigenvalue weighted by atomic mass is 10.2. The number of nitrogens with two attached hydrogens (primary N) is 1. The number of ether oxygens (including phenoxy) is 1. The second kappa shape index (κ2) is 5.67. The Labute approximate surface area is 108 Å². The zero-order valence-electron chi connectivity index (χ0n) is 9.92. The van der Waals surface area contributed by atoms with Gasteiger partial charge in [-0.05, 0) is 5.56 Å². The van der Waals surface area contributed by atoms with E-state index < -0.39 is 11.7 Å². The summed E-state index contributed by atoms with van der Waals surface area (Å²) in [5, 5.41) is 7.93. The number of H-pyrrole nitrogens is 1. The topological polar surface area (TPSA) is 110 Å². The van der Waals surface area contributed by atoms with Gasteiger partial charge in [0.15, 0.2) is 0 Å². The molecule has 0 atom stereocenters. The number of nitrogens with one attached hydrogen (secondary N) is 2. The molecule has 0 aliphatic carbocycles. The molecule has 1 aromatic carbocycles. The fraction of sp³-hybridized carbons (Fsp3) is 0.0833. The summed E-state index contributed by atoms with van der Waals surface area (Å²) in [7, 11) is 0. The molecule has 0 saturated heterocycles. The average Bonchev–Trinajstić information content (AvgIpc) is 2.42. The fourth-order valence-corrected chi connectivity index (χ4v) is 1.38. The first-order chi connectivity index (χ1) is 9.15. The van der Waals surface area contributed by atoms with Gasteiger partial charge < -0.3 is 10.5 Å². The molecular formula is C12H12N4O3. The average molecular weight is 260 g/mol. The van der Waals surface area contributed by atoms with Crippen LogP contribution in [0.25, 0.3) is 0 Å². The van der Waals surface area contributed by atoms with E-state index in [4.69, 9.17) is 10.5 Å². The van der Waals surface area contributed by atoms with Gasteiger partial charge in [-0.1, -0.05) is 30.3 Å². The Morgan fingerprint density at radius 3 is 2.84 bits per heavy atom. The SMILES string of the molecule is Nc1cc(NC(=O)OCc2ccccc2)c(=O)[nH]n1. The second-order valence-corrected chi connectivity index (χ2v) is 3.72. The quantitative estimate of drug-likeness (QED) is 0.765. The van der Waals surface area contributed by atoms with Gasteiger partial charge in [0, 0.05) is 6.07 Å². The maximum atomic E-state index is 11.5. The van der Waals surface area contributed by atoms with Crippen molar-refractivity contribution in [2.24, 2.45) is 0 Å². The van der Waals surface area contributed by atoms with E-state index in [9.17, 15) is 9.59 Å². The van der Waals surface area contributed by atoms with E-state index in [1.54, 1.807) is 0 Å². The van der Waals surface area contributed by atoms with Crippen LogP contribution in [-0.4, -0.2) is 16.3 Å². The molecule has 19 heavy (non-hydrogen) atoms. The molecule has 0 spiro atoms. The molecule has 0 radical (unpaired) electrons. The number of nitrogens with zero attached hydrogens (tertiary/aromatic N) is 1. The van der Waals surface area contributed by atoms with Crippen molar-refractivity contribution in [3.8, 4) is 0 Å². The predicted molar refractivity (Wildman–Crippen MR) is 69.5 cm³/mol. The molecule has 98 valence electrons. The molecule has 7 heteroatoms. The van der Waals surface area contributed by atoms with Gasteiger partial charge in [-0.25, -0.2) is 9.89 Å². The molecule has 2 rings (SSSR count). The highest BCUT2D eigenvalue weighted by Gasteiger charge is 2.07. The van der Waals surface area contributed by atoms with Crippen LogP contribution >= 0.6 is 0 Å². The monoisotopic (exact) mass is 260 g/mol. The Kier molecular flexibility index (Phi) is 3.77. The zero-order chi connectivity index (χ0) is 13.7. The van der Waals surface area contributed by atoms with Crippen LogP contribution in [0.4, 0.5) is 16.3 Å². The number of aromatic nitrogens is 2. The second-order valence-electron chi connectivity index (χ2n) is 3.72. The Morgan fingerprint density at radius 1 is 1.37 bits per heavy atom. The van der Waals surface area contributed by atoms with Crippen LogP contribution in [0.2, 0.25) is 0 Å². The normalized spacial score (nSPS) is 9.89. The molecule has 2 aromatic rings. The van der Waals surface area contributed by atoms with Gasteiger partial charge in [0.05, 0.1) is 0 Å². The van der Waals surface area contributed by atoms with Gasteiger partial charge in [0.25, 0.3) is 5.56 Å². The largest absolute Gasteiger partial charge is 0.444 e. The Hall–Kier alpha value is -2.83. The molecule has 4 N–H and O–H groups in total. The van der Waals surface area contributed by atoms with Crippen LogP contribution in [0, 0.1) is 0 Å². The van der Waals surface area contributed by atoms with Gasteiger partial charge >= 0.3 is 6.09 Å². The molecular weight excluding hydrogens is 248 g/mol. The number of benzene rings is 1. The van der Waals surface area contributed by atoms with Gasteiger partial charge in [0.2, 0.25) is 0 Å². The van der Waals surface area contributed by atoms with E-state index in [-0.39, 0.29) is 18.1 Å². The molecule has 7 nitrogen and oxygen atoms in total. The number of amides is 1. The number of hydrogen-bond acceptors (Lipinski definition) is 5. The number of hydrogen-bond donors (Lipinski definition) is 3. The molecule has 1 heterocycles. The van der Waals surface area contributed by atoms with Crippen LogP contribution in [-0.2, 0) is 11.3 Å². The minimum Gasteiger partial charge on any atom is -0.444 e. The van der Waals surface area contributed by atoms with E-state index in [2.05, 4.69) is 15.5 Å². The minimum atomic E-state index is -0.736. The van der Waals surface area contributed by atoms with Crippen molar-refractivity contribution >= 4 is 17.6 Å². The number of anilines is 2. The van der Waals surface area contributed by atoms with E-state index in [1.807, 2.05) is 30.3 Å². The van der Waals surface area contributed by atoms with Gasteiger partial charge in [-0.2, -0.15) is 5.10 Å². The minimum absolute atomic E-state index is 0.00874. The molecule has 0 saturated carbocycles. The Bertz CT molecular complexity index is 624. The van der Waals surface area contributed by atoms with Crippen LogP contribution in [0.3, 0.4) is 0 Å². The summed E-state index contributed by atoms with van der Waals surface area (Å²) in [4.78, 5) is 22.8.